The van der Waals surface area contributed by atoms with Crippen LogP contribution < -0.4 is 0 Å². The van der Waals surface area contributed by atoms with Crippen molar-refractivity contribution < 1.29 is 0 Å². The molecule has 0 bridgehead atoms. The second kappa shape index (κ2) is 3.39. The Hall–Kier alpha value is -1.41. The summed E-state index contributed by atoms with van der Waals surface area (Å²) in [6, 6.07) is 2.37. The molecule has 74 valence electrons. The summed E-state index contributed by atoms with van der Waals surface area (Å²) in [5.74, 6) is 0. The molecule has 0 unspecified atom stereocenters. The van der Waals surface area contributed by atoms with Gasteiger partial charge in [0.05, 0.1) is 12.3 Å². The normalized spacial score (nSPS) is 21.7. The largest absolute Gasteiger partial charge is 0.306 e. The maximum atomic E-state index is 9.24. The highest BCUT2D eigenvalue weighted by atomic mass is 15.4. The summed E-state index contributed by atoms with van der Waals surface area (Å²) < 4.78 is 1.69. The maximum absolute atomic E-state index is 9.24. The van der Waals surface area contributed by atoms with Crippen LogP contribution in [0.2, 0.25) is 0 Å². The minimum atomic E-state index is -0.469. The Morgan fingerprint density at radius 3 is 2.64 bits per heavy atom. The Balaban J connectivity index is 2.24. The number of rotatable bonds is 1. The van der Waals surface area contributed by atoms with Crippen molar-refractivity contribution in [2.24, 2.45) is 0 Å². The van der Waals surface area contributed by atoms with Gasteiger partial charge in [-0.2, -0.15) is 5.26 Å². The van der Waals surface area contributed by atoms with Crippen LogP contribution in [-0.2, 0) is 5.54 Å². The molecule has 0 aromatic carbocycles. The molecule has 0 amide bonds. The lowest BCUT2D eigenvalue weighted by Crippen LogP contribution is -2.44. The van der Waals surface area contributed by atoms with Crippen LogP contribution in [0.1, 0.15) is 12.8 Å². The summed E-state index contributed by atoms with van der Waals surface area (Å²) in [6.07, 6.45) is 5.04. The van der Waals surface area contributed by atoms with E-state index in [-0.39, 0.29) is 0 Å². The molecule has 0 aliphatic carbocycles. The minimum absolute atomic E-state index is 0.469. The molecule has 1 saturated heterocycles. The summed E-state index contributed by atoms with van der Waals surface area (Å²) >= 11 is 0. The summed E-state index contributed by atoms with van der Waals surface area (Å²) in [7, 11) is 2.07. The van der Waals surface area contributed by atoms with Crippen molar-refractivity contribution in [1.29, 1.82) is 5.26 Å². The topological polar surface area (TPSA) is 57.7 Å². The molecule has 1 fully saturated rings. The second-order valence-electron chi connectivity index (χ2n) is 3.79. The van der Waals surface area contributed by atoms with Crippen LogP contribution in [0, 0.1) is 11.3 Å². The predicted molar refractivity (Wildman–Crippen MR) is 50.3 cm³/mol. The molecule has 1 aromatic rings. The molecule has 1 aromatic heterocycles. The number of aromatic nitrogens is 3. The van der Waals surface area contributed by atoms with Crippen molar-refractivity contribution in [3.05, 3.63) is 12.4 Å². The van der Waals surface area contributed by atoms with Gasteiger partial charge in [0.15, 0.2) is 5.54 Å². The van der Waals surface area contributed by atoms with Crippen molar-refractivity contribution in [2.45, 2.75) is 18.4 Å². The van der Waals surface area contributed by atoms with E-state index in [4.69, 9.17) is 0 Å². The fourth-order valence-electron chi connectivity index (χ4n) is 1.82. The molecule has 1 aliphatic rings. The summed E-state index contributed by atoms with van der Waals surface area (Å²) in [5, 5.41) is 16.9. The Kier molecular flexibility index (Phi) is 2.22. The molecule has 2 rings (SSSR count). The Labute approximate surface area is 82.9 Å². The molecule has 0 saturated carbocycles. The summed E-state index contributed by atoms with van der Waals surface area (Å²) in [6.45, 7) is 1.88. The maximum Gasteiger partial charge on any atom is 0.152 e. The average molecular weight is 191 g/mol. The van der Waals surface area contributed by atoms with Gasteiger partial charge in [0.2, 0.25) is 0 Å². The third-order valence-electron chi connectivity index (χ3n) is 2.88. The number of piperidine rings is 1. The lowest BCUT2D eigenvalue weighted by Gasteiger charge is -2.34. The first-order chi connectivity index (χ1) is 6.77. The zero-order valence-corrected chi connectivity index (χ0v) is 8.22. The zero-order chi connectivity index (χ0) is 10.0. The van der Waals surface area contributed by atoms with Crippen LogP contribution >= 0.6 is 0 Å². The van der Waals surface area contributed by atoms with Gasteiger partial charge >= 0.3 is 0 Å². The summed E-state index contributed by atoms with van der Waals surface area (Å²) in [5.41, 5.74) is -0.469. The van der Waals surface area contributed by atoms with Crippen LogP contribution in [0.15, 0.2) is 12.4 Å². The predicted octanol–water partition coefficient (Wildman–Crippen LogP) is 0.223. The van der Waals surface area contributed by atoms with Gasteiger partial charge < -0.3 is 4.90 Å². The molecular weight excluding hydrogens is 178 g/mol. The number of likely N-dealkylation sites (tertiary alicyclic amines) is 1. The van der Waals surface area contributed by atoms with Crippen molar-refractivity contribution >= 4 is 0 Å². The molecule has 0 N–H and O–H groups in total. The van der Waals surface area contributed by atoms with Gasteiger partial charge in [-0.15, -0.1) is 5.10 Å². The van der Waals surface area contributed by atoms with Gasteiger partial charge in [-0.3, -0.25) is 0 Å². The smallest absolute Gasteiger partial charge is 0.152 e. The lowest BCUT2D eigenvalue weighted by atomic mass is 9.89. The van der Waals surface area contributed by atoms with Gasteiger partial charge in [0, 0.05) is 19.3 Å². The van der Waals surface area contributed by atoms with E-state index < -0.39 is 5.54 Å². The molecule has 0 atom stereocenters. The third kappa shape index (κ3) is 1.38. The first-order valence-electron chi connectivity index (χ1n) is 4.73. The first kappa shape index (κ1) is 9.16. The van der Waals surface area contributed by atoms with Crippen molar-refractivity contribution in [1.82, 2.24) is 19.9 Å². The molecule has 2 heterocycles. The highest BCUT2D eigenvalue weighted by molar-refractivity contribution is 5.06. The van der Waals surface area contributed by atoms with E-state index in [1.807, 2.05) is 0 Å². The van der Waals surface area contributed by atoms with E-state index in [1.165, 1.54) is 0 Å². The number of hydrogen-bond donors (Lipinski definition) is 0. The van der Waals surface area contributed by atoms with Gasteiger partial charge in [-0.25, -0.2) is 4.68 Å². The molecule has 14 heavy (non-hydrogen) atoms. The van der Waals surface area contributed by atoms with Gasteiger partial charge in [0.25, 0.3) is 0 Å². The van der Waals surface area contributed by atoms with Crippen molar-refractivity contribution in [2.75, 3.05) is 20.1 Å². The fraction of sp³-hybridized carbons (Fsp3) is 0.667. The van der Waals surface area contributed by atoms with E-state index in [0.717, 1.165) is 25.9 Å². The van der Waals surface area contributed by atoms with Crippen LogP contribution in [-0.4, -0.2) is 40.0 Å². The van der Waals surface area contributed by atoms with Crippen LogP contribution in [0.4, 0.5) is 0 Å². The van der Waals surface area contributed by atoms with Gasteiger partial charge in [0.1, 0.15) is 0 Å². The quantitative estimate of drug-likeness (QED) is 0.637. The van der Waals surface area contributed by atoms with E-state index in [2.05, 4.69) is 28.3 Å². The minimum Gasteiger partial charge on any atom is -0.306 e. The molecule has 0 radical (unpaired) electrons. The Morgan fingerprint density at radius 1 is 1.43 bits per heavy atom. The van der Waals surface area contributed by atoms with Gasteiger partial charge in [-0.1, -0.05) is 5.21 Å². The van der Waals surface area contributed by atoms with E-state index in [9.17, 15) is 5.26 Å². The van der Waals surface area contributed by atoms with Crippen LogP contribution in [0.5, 0.6) is 0 Å². The highest BCUT2D eigenvalue weighted by Gasteiger charge is 2.36. The van der Waals surface area contributed by atoms with Crippen LogP contribution in [0.25, 0.3) is 0 Å². The zero-order valence-electron chi connectivity index (χ0n) is 8.22. The van der Waals surface area contributed by atoms with E-state index >= 15 is 0 Å². The molecule has 5 nitrogen and oxygen atoms in total. The number of nitrogens with zero attached hydrogens (tertiary/aromatic N) is 5. The first-order valence-corrected chi connectivity index (χ1v) is 4.73. The monoisotopic (exact) mass is 191 g/mol. The van der Waals surface area contributed by atoms with Crippen LogP contribution in [0.3, 0.4) is 0 Å². The van der Waals surface area contributed by atoms with Crippen molar-refractivity contribution in [3.63, 3.8) is 0 Å². The molecular formula is C9H13N5. The SMILES string of the molecule is CN1CCC(C#N)(n2ccnn2)CC1. The molecule has 0 spiro atoms. The van der Waals surface area contributed by atoms with E-state index in [1.54, 1.807) is 17.1 Å². The fourth-order valence-corrected chi connectivity index (χ4v) is 1.82. The lowest BCUT2D eigenvalue weighted by molar-refractivity contribution is 0.161. The molecule has 5 heteroatoms. The highest BCUT2D eigenvalue weighted by Crippen LogP contribution is 2.27. The average Bonchev–Trinajstić information content (AvgIpc) is 2.73. The van der Waals surface area contributed by atoms with Gasteiger partial charge in [-0.05, 0) is 19.9 Å². The number of nitriles is 1. The second-order valence-corrected chi connectivity index (χ2v) is 3.79. The Bertz CT molecular complexity index is 329. The van der Waals surface area contributed by atoms with E-state index in [0.29, 0.717) is 0 Å². The number of hydrogen-bond acceptors (Lipinski definition) is 4. The summed E-state index contributed by atoms with van der Waals surface area (Å²) in [4.78, 5) is 2.23. The Morgan fingerprint density at radius 2 is 2.14 bits per heavy atom. The molecule has 1 aliphatic heterocycles. The third-order valence-corrected chi connectivity index (χ3v) is 2.88. The standard InChI is InChI=1S/C9H13N5/c1-13-5-2-9(8-10,3-6-13)14-7-4-11-12-14/h4,7H,2-3,5-6H2,1H3. The van der Waals surface area contributed by atoms with Crippen molar-refractivity contribution in [3.8, 4) is 6.07 Å².